The number of aromatic nitrogens is 4. The lowest BCUT2D eigenvalue weighted by molar-refractivity contribution is 0.0935. The molecular weight excluding hydrogens is 540 g/mol. The van der Waals surface area contributed by atoms with Gasteiger partial charge in [0.15, 0.2) is 11.6 Å². The Morgan fingerprint density at radius 3 is 2.58 bits per heavy atom. The molecule has 3 N–H and O–H groups in total. The summed E-state index contributed by atoms with van der Waals surface area (Å²) in [7, 11) is -1.42. The van der Waals surface area contributed by atoms with E-state index < -0.39 is 27.3 Å². The van der Waals surface area contributed by atoms with Gasteiger partial charge in [-0.1, -0.05) is 29.7 Å². The highest BCUT2D eigenvalue weighted by molar-refractivity contribution is 7.90. The van der Waals surface area contributed by atoms with Crippen LogP contribution in [0.15, 0.2) is 46.2 Å². The monoisotopic (exact) mass is 566 g/mol. The highest BCUT2D eigenvalue weighted by atomic mass is 35.5. The summed E-state index contributed by atoms with van der Waals surface area (Å²) >= 11 is 5.84. The molecule has 204 valence electrons. The quantitative estimate of drug-likeness (QED) is 0.184. The number of nitrogens with zero attached hydrogens (tertiary/aromatic N) is 5. The third kappa shape index (κ3) is 7.60. The van der Waals surface area contributed by atoms with Crippen molar-refractivity contribution in [2.75, 3.05) is 14.2 Å². The van der Waals surface area contributed by atoms with Gasteiger partial charge in [0.2, 0.25) is 21.9 Å². The molecule has 16 heteroatoms. The molecule has 0 aromatic carbocycles. The number of nitrogens with one attached hydrogen (secondary N) is 3. The number of carbonyl (C=O) groups is 1. The Labute approximate surface area is 224 Å². The molecule has 3 rings (SSSR count). The number of guanidine groups is 1. The van der Waals surface area contributed by atoms with Gasteiger partial charge in [0.1, 0.15) is 23.6 Å². The summed E-state index contributed by atoms with van der Waals surface area (Å²) in [4.78, 5) is 29.0. The van der Waals surface area contributed by atoms with Crippen molar-refractivity contribution in [2.45, 2.75) is 38.2 Å². The Bertz CT molecular complexity index is 1370. The van der Waals surface area contributed by atoms with E-state index in [1.165, 1.54) is 39.6 Å². The second-order valence-corrected chi connectivity index (χ2v) is 10.2. The van der Waals surface area contributed by atoms with Crippen molar-refractivity contribution in [3.05, 3.63) is 64.7 Å². The number of rotatable bonds is 10. The molecule has 2 unspecified atom stereocenters. The van der Waals surface area contributed by atoms with Crippen LogP contribution in [-0.2, 0) is 27.7 Å². The minimum absolute atomic E-state index is 0.0228. The first-order chi connectivity index (χ1) is 18.2. The smallest absolute Gasteiger partial charge is 0.288 e. The van der Waals surface area contributed by atoms with Gasteiger partial charge in [-0.05, 0) is 19.4 Å². The van der Waals surface area contributed by atoms with Gasteiger partial charge in [0.05, 0.1) is 17.8 Å². The number of methoxy groups -OCH3 is 2. The van der Waals surface area contributed by atoms with Crippen LogP contribution in [0.3, 0.4) is 0 Å². The van der Waals surface area contributed by atoms with E-state index in [9.17, 15) is 13.2 Å². The van der Waals surface area contributed by atoms with Crippen molar-refractivity contribution < 1.29 is 27.2 Å². The summed E-state index contributed by atoms with van der Waals surface area (Å²) in [6.07, 6.45) is 2.28. The predicted octanol–water partition coefficient (Wildman–Crippen LogP) is 1.57. The van der Waals surface area contributed by atoms with Gasteiger partial charge >= 0.3 is 0 Å². The highest BCUT2D eigenvalue weighted by Gasteiger charge is 2.33. The molecule has 0 bridgehead atoms. The first-order valence-electron chi connectivity index (χ1n) is 11.2. The number of hydrazine groups is 1. The van der Waals surface area contributed by atoms with E-state index in [-0.39, 0.29) is 34.9 Å². The summed E-state index contributed by atoms with van der Waals surface area (Å²) in [6, 6.07) is 6.30. The Morgan fingerprint density at radius 1 is 1.21 bits per heavy atom. The Morgan fingerprint density at radius 2 is 1.95 bits per heavy atom. The lowest BCUT2D eigenvalue weighted by Gasteiger charge is -2.23. The van der Waals surface area contributed by atoms with Crippen molar-refractivity contribution in [3.63, 3.8) is 0 Å². The fraction of sp³-hybridized carbons (Fsp3) is 0.364. The molecule has 3 heterocycles. The molecule has 0 radical (unpaired) electrons. The maximum atomic E-state index is 13.3. The molecule has 0 saturated heterocycles. The van der Waals surface area contributed by atoms with Crippen LogP contribution < -0.4 is 20.3 Å². The highest BCUT2D eigenvalue weighted by Crippen LogP contribution is 2.22. The summed E-state index contributed by atoms with van der Waals surface area (Å²) in [5.41, 5.74) is 5.59. The number of carbonyl (C=O) groups excluding carboxylic acids is 1. The van der Waals surface area contributed by atoms with Crippen LogP contribution in [0, 0.1) is 0 Å². The van der Waals surface area contributed by atoms with Crippen molar-refractivity contribution in [3.8, 4) is 5.88 Å². The average molecular weight is 567 g/mol. The molecule has 1 amide bonds. The maximum Gasteiger partial charge on any atom is 0.288 e. The van der Waals surface area contributed by atoms with Crippen molar-refractivity contribution in [2.24, 2.45) is 4.99 Å². The lowest BCUT2D eigenvalue weighted by atomic mass is 10.2. The number of hydrogen-bond acceptors (Lipinski definition) is 11. The molecule has 0 saturated carbocycles. The topological polar surface area (TPSA) is 183 Å². The number of sulfonamides is 1. The fourth-order valence-corrected chi connectivity index (χ4v) is 4.28. The van der Waals surface area contributed by atoms with E-state index in [4.69, 9.17) is 25.6 Å². The van der Waals surface area contributed by atoms with Gasteiger partial charge in [-0.15, -0.1) is 0 Å². The zero-order valence-corrected chi connectivity index (χ0v) is 22.6. The van der Waals surface area contributed by atoms with Crippen molar-refractivity contribution in [1.29, 1.82) is 0 Å². The van der Waals surface area contributed by atoms with Gasteiger partial charge in [0.25, 0.3) is 5.91 Å². The first-order valence-corrected chi connectivity index (χ1v) is 13.2. The summed E-state index contributed by atoms with van der Waals surface area (Å²) in [6.45, 7) is 3.24. The van der Waals surface area contributed by atoms with Crippen LogP contribution in [0.4, 0.5) is 0 Å². The number of halogens is 1. The standard InChI is InChI=1S/C22H27ClN8O6S/c1-5-15-9-16(37-30-15)12-26-22(29-28-21(32)17-7-6-8-18(27-17)35-3)31-38(33,34)13(2)19(36-4)20-24-10-14(23)11-25-20/h6-11,13,19H,5,12H2,1-4H3,(H,28,32)(H2,26,29,31). The van der Waals surface area contributed by atoms with Gasteiger partial charge in [0, 0.05) is 31.6 Å². The van der Waals surface area contributed by atoms with Gasteiger partial charge in [-0.25, -0.2) is 28.4 Å². The molecular formula is C22H27ClN8O6S. The van der Waals surface area contributed by atoms with Crippen molar-refractivity contribution >= 4 is 33.5 Å². The van der Waals surface area contributed by atoms with E-state index >= 15 is 0 Å². The second-order valence-electron chi connectivity index (χ2n) is 7.72. The molecule has 3 aromatic heterocycles. The normalized spacial score (nSPS) is 13.4. The molecule has 38 heavy (non-hydrogen) atoms. The molecule has 14 nitrogen and oxygen atoms in total. The van der Waals surface area contributed by atoms with Crippen LogP contribution in [0.1, 0.15) is 47.7 Å². The fourth-order valence-electron chi connectivity index (χ4n) is 3.05. The molecule has 0 aliphatic rings. The third-order valence-electron chi connectivity index (χ3n) is 5.13. The third-order valence-corrected chi connectivity index (χ3v) is 7.03. The zero-order valence-electron chi connectivity index (χ0n) is 21.0. The van der Waals surface area contributed by atoms with Crippen LogP contribution in [0.5, 0.6) is 5.88 Å². The van der Waals surface area contributed by atoms with Gasteiger partial charge in [-0.3, -0.25) is 20.4 Å². The summed E-state index contributed by atoms with van der Waals surface area (Å²) in [5.74, 6) is -0.227. The van der Waals surface area contributed by atoms with E-state index in [1.807, 2.05) is 6.92 Å². The SMILES string of the molecule is CCc1cc(C/N=C(/NNC(=O)c2cccc(OC)n2)NS(=O)(=O)C(C)C(OC)c2ncc(Cl)cn2)on1. The Balaban J connectivity index is 1.81. The number of hydrogen-bond donors (Lipinski definition) is 3. The number of amides is 1. The van der Waals surface area contributed by atoms with Gasteiger partial charge in [-0.2, -0.15) is 0 Å². The predicted molar refractivity (Wildman–Crippen MR) is 137 cm³/mol. The van der Waals surface area contributed by atoms with E-state index in [0.717, 1.165) is 0 Å². The average Bonchev–Trinajstić information content (AvgIpc) is 3.39. The Kier molecular flexibility index (Phi) is 9.92. The number of ether oxygens (including phenoxy) is 2. The van der Waals surface area contributed by atoms with E-state index in [1.54, 1.807) is 18.2 Å². The summed E-state index contributed by atoms with van der Waals surface area (Å²) < 4.78 is 44.5. The van der Waals surface area contributed by atoms with E-state index in [0.29, 0.717) is 17.9 Å². The second kappa shape index (κ2) is 13.1. The van der Waals surface area contributed by atoms with E-state index in [2.05, 4.69) is 40.7 Å². The molecule has 3 aromatic rings. The first kappa shape index (κ1) is 28.7. The largest absolute Gasteiger partial charge is 0.481 e. The molecule has 2 atom stereocenters. The van der Waals surface area contributed by atoms with Crippen LogP contribution in [0.25, 0.3) is 0 Å². The van der Waals surface area contributed by atoms with Crippen molar-refractivity contribution in [1.82, 2.24) is 35.7 Å². The summed E-state index contributed by atoms with van der Waals surface area (Å²) in [5, 5.41) is 2.99. The van der Waals surface area contributed by atoms with Crippen LogP contribution in [0.2, 0.25) is 5.02 Å². The zero-order chi connectivity index (χ0) is 27.7. The molecule has 0 aliphatic carbocycles. The van der Waals surface area contributed by atoms with Crippen LogP contribution >= 0.6 is 11.6 Å². The maximum absolute atomic E-state index is 13.3. The Hall–Kier alpha value is -3.82. The van der Waals surface area contributed by atoms with Gasteiger partial charge < -0.3 is 14.0 Å². The molecule has 0 spiro atoms. The number of aryl methyl sites for hydroxylation is 1. The molecule has 0 fully saturated rings. The minimum atomic E-state index is -4.17. The molecule has 0 aliphatic heterocycles. The van der Waals surface area contributed by atoms with Crippen LogP contribution in [-0.4, -0.2) is 59.9 Å². The number of pyridine rings is 1. The number of aliphatic imine (C=N–C) groups is 1. The lowest BCUT2D eigenvalue weighted by Crippen LogP contribution is -2.52. The minimum Gasteiger partial charge on any atom is -0.481 e.